The third-order valence-corrected chi connectivity index (χ3v) is 2.51. The summed E-state index contributed by atoms with van der Waals surface area (Å²) in [5, 5.41) is 6.02. The summed E-state index contributed by atoms with van der Waals surface area (Å²) in [5.41, 5.74) is 0. The molecule has 0 spiro atoms. The Kier molecular flexibility index (Phi) is 4.20. The Balaban J connectivity index is 2.37. The van der Waals surface area contributed by atoms with E-state index in [1.807, 2.05) is 11.9 Å². The molecule has 4 heteroatoms. The zero-order valence-electron chi connectivity index (χ0n) is 9.34. The SMILES string of the molecule is CNCC(C)CN1CC(C)CNC1=O. The normalized spacial score (nSPS) is 24.6. The van der Waals surface area contributed by atoms with Crippen molar-refractivity contribution in [2.45, 2.75) is 13.8 Å². The van der Waals surface area contributed by atoms with Gasteiger partial charge in [0.1, 0.15) is 0 Å². The Morgan fingerprint density at radius 1 is 1.71 bits per heavy atom. The van der Waals surface area contributed by atoms with Crippen molar-refractivity contribution in [1.29, 1.82) is 0 Å². The van der Waals surface area contributed by atoms with Gasteiger partial charge in [-0.05, 0) is 25.4 Å². The molecule has 0 radical (unpaired) electrons. The van der Waals surface area contributed by atoms with E-state index < -0.39 is 0 Å². The molecule has 1 fully saturated rings. The molecule has 1 heterocycles. The third kappa shape index (κ3) is 3.18. The molecule has 1 rings (SSSR count). The number of hydrogen-bond acceptors (Lipinski definition) is 2. The van der Waals surface area contributed by atoms with Gasteiger partial charge in [0.15, 0.2) is 0 Å². The van der Waals surface area contributed by atoms with Crippen LogP contribution in [0, 0.1) is 11.8 Å². The van der Waals surface area contributed by atoms with Crippen molar-refractivity contribution in [1.82, 2.24) is 15.5 Å². The lowest BCUT2D eigenvalue weighted by molar-refractivity contribution is 0.161. The highest BCUT2D eigenvalue weighted by atomic mass is 16.2. The van der Waals surface area contributed by atoms with Crippen LogP contribution in [0.4, 0.5) is 4.79 Å². The lowest BCUT2D eigenvalue weighted by Crippen LogP contribution is -2.52. The van der Waals surface area contributed by atoms with E-state index in [-0.39, 0.29) is 6.03 Å². The zero-order valence-corrected chi connectivity index (χ0v) is 9.34. The average Bonchev–Trinajstić information content (AvgIpc) is 2.12. The van der Waals surface area contributed by atoms with Gasteiger partial charge >= 0.3 is 6.03 Å². The minimum Gasteiger partial charge on any atom is -0.338 e. The van der Waals surface area contributed by atoms with E-state index in [0.717, 1.165) is 26.2 Å². The Morgan fingerprint density at radius 3 is 3.07 bits per heavy atom. The lowest BCUT2D eigenvalue weighted by atomic mass is 10.1. The van der Waals surface area contributed by atoms with Gasteiger partial charge in [0.2, 0.25) is 0 Å². The molecule has 1 aliphatic rings. The van der Waals surface area contributed by atoms with Crippen LogP contribution in [-0.2, 0) is 0 Å². The van der Waals surface area contributed by atoms with Crippen LogP contribution in [0.2, 0.25) is 0 Å². The van der Waals surface area contributed by atoms with Crippen LogP contribution in [0.25, 0.3) is 0 Å². The fourth-order valence-corrected chi connectivity index (χ4v) is 1.84. The highest BCUT2D eigenvalue weighted by molar-refractivity contribution is 5.74. The maximum Gasteiger partial charge on any atom is 0.317 e. The molecule has 14 heavy (non-hydrogen) atoms. The molecule has 0 aliphatic carbocycles. The third-order valence-electron chi connectivity index (χ3n) is 2.51. The Morgan fingerprint density at radius 2 is 2.43 bits per heavy atom. The van der Waals surface area contributed by atoms with Crippen LogP contribution in [0.3, 0.4) is 0 Å². The average molecular weight is 199 g/mol. The number of urea groups is 1. The highest BCUT2D eigenvalue weighted by Crippen LogP contribution is 2.08. The summed E-state index contributed by atoms with van der Waals surface area (Å²) in [7, 11) is 1.94. The molecule has 0 saturated carbocycles. The zero-order chi connectivity index (χ0) is 10.6. The summed E-state index contributed by atoms with van der Waals surface area (Å²) in [6.07, 6.45) is 0. The molecule has 82 valence electrons. The van der Waals surface area contributed by atoms with Crippen molar-refractivity contribution in [3.63, 3.8) is 0 Å². The second-order valence-corrected chi connectivity index (χ2v) is 4.36. The number of nitrogens with zero attached hydrogens (tertiary/aromatic N) is 1. The molecule has 2 amide bonds. The first-order valence-corrected chi connectivity index (χ1v) is 5.30. The molecule has 1 saturated heterocycles. The van der Waals surface area contributed by atoms with Crippen molar-refractivity contribution < 1.29 is 4.79 Å². The van der Waals surface area contributed by atoms with Crippen molar-refractivity contribution >= 4 is 6.03 Å². The number of amides is 2. The standard InChI is InChI=1S/C10H21N3O/c1-8(4-11-3)6-13-7-9(2)5-12-10(13)14/h8-9,11H,4-7H2,1-3H3,(H,12,14). The van der Waals surface area contributed by atoms with E-state index in [4.69, 9.17) is 0 Å². The van der Waals surface area contributed by atoms with Gasteiger partial charge in [-0.2, -0.15) is 0 Å². The van der Waals surface area contributed by atoms with E-state index >= 15 is 0 Å². The van der Waals surface area contributed by atoms with Crippen molar-refractivity contribution in [3.8, 4) is 0 Å². The molecule has 0 aromatic heterocycles. The predicted molar refractivity (Wildman–Crippen MR) is 57.2 cm³/mol. The number of carbonyl (C=O) groups is 1. The van der Waals surface area contributed by atoms with E-state index in [1.54, 1.807) is 0 Å². The summed E-state index contributed by atoms with van der Waals surface area (Å²) in [5.74, 6) is 1.07. The molecule has 2 atom stereocenters. The molecule has 2 N–H and O–H groups in total. The van der Waals surface area contributed by atoms with Crippen molar-refractivity contribution in [2.24, 2.45) is 11.8 Å². The van der Waals surface area contributed by atoms with Gasteiger partial charge in [0, 0.05) is 19.6 Å². The van der Waals surface area contributed by atoms with E-state index in [0.29, 0.717) is 11.8 Å². The fourth-order valence-electron chi connectivity index (χ4n) is 1.84. The van der Waals surface area contributed by atoms with Gasteiger partial charge in [-0.25, -0.2) is 4.79 Å². The van der Waals surface area contributed by atoms with Crippen LogP contribution >= 0.6 is 0 Å². The molecular weight excluding hydrogens is 178 g/mol. The Bertz CT molecular complexity index is 196. The lowest BCUT2D eigenvalue weighted by Gasteiger charge is -2.33. The van der Waals surface area contributed by atoms with Gasteiger partial charge in [-0.3, -0.25) is 0 Å². The monoisotopic (exact) mass is 199 g/mol. The molecule has 0 aromatic rings. The van der Waals surface area contributed by atoms with Crippen molar-refractivity contribution in [2.75, 3.05) is 33.2 Å². The maximum atomic E-state index is 11.5. The van der Waals surface area contributed by atoms with Crippen LogP contribution < -0.4 is 10.6 Å². The first-order valence-electron chi connectivity index (χ1n) is 5.30. The van der Waals surface area contributed by atoms with Crippen molar-refractivity contribution in [3.05, 3.63) is 0 Å². The van der Waals surface area contributed by atoms with Gasteiger partial charge in [0.05, 0.1) is 0 Å². The summed E-state index contributed by atoms with van der Waals surface area (Å²) >= 11 is 0. The minimum absolute atomic E-state index is 0.0889. The van der Waals surface area contributed by atoms with Crippen LogP contribution in [0.1, 0.15) is 13.8 Å². The molecule has 0 aromatic carbocycles. The second kappa shape index (κ2) is 5.20. The summed E-state index contributed by atoms with van der Waals surface area (Å²) in [6.45, 7) is 7.82. The van der Waals surface area contributed by atoms with E-state index in [9.17, 15) is 4.79 Å². The highest BCUT2D eigenvalue weighted by Gasteiger charge is 2.23. The summed E-state index contributed by atoms with van der Waals surface area (Å²) in [6, 6.07) is 0.0889. The van der Waals surface area contributed by atoms with Crippen LogP contribution in [0.5, 0.6) is 0 Å². The number of rotatable bonds is 4. The predicted octanol–water partition coefficient (Wildman–Crippen LogP) is 0.503. The van der Waals surface area contributed by atoms with E-state index in [1.165, 1.54) is 0 Å². The summed E-state index contributed by atoms with van der Waals surface area (Å²) < 4.78 is 0. The summed E-state index contributed by atoms with van der Waals surface area (Å²) in [4.78, 5) is 13.4. The first-order chi connectivity index (χ1) is 6.63. The molecular formula is C10H21N3O. The molecule has 1 aliphatic heterocycles. The minimum atomic E-state index is 0.0889. The van der Waals surface area contributed by atoms with Gasteiger partial charge in [0.25, 0.3) is 0 Å². The van der Waals surface area contributed by atoms with Crippen LogP contribution in [-0.4, -0.2) is 44.2 Å². The largest absolute Gasteiger partial charge is 0.338 e. The fraction of sp³-hybridized carbons (Fsp3) is 0.900. The van der Waals surface area contributed by atoms with E-state index in [2.05, 4.69) is 24.5 Å². The molecule has 0 bridgehead atoms. The van der Waals surface area contributed by atoms with Gasteiger partial charge < -0.3 is 15.5 Å². The van der Waals surface area contributed by atoms with Crippen LogP contribution in [0.15, 0.2) is 0 Å². The van der Waals surface area contributed by atoms with Gasteiger partial charge in [-0.15, -0.1) is 0 Å². The maximum absolute atomic E-state index is 11.5. The second-order valence-electron chi connectivity index (χ2n) is 4.36. The Hall–Kier alpha value is -0.770. The topological polar surface area (TPSA) is 44.4 Å². The Labute approximate surface area is 86.0 Å². The smallest absolute Gasteiger partial charge is 0.317 e. The number of nitrogens with one attached hydrogen (secondary N) is 2. The number of hydrogen-bond donors (Lipinski definition) is 2. The first kappa shape index (κ1) is 11.3. The quantitative estimate of drug-likeness (QED) is 0.692. The molecule has 4 nitrogen and oxygen atoms in total. The van der Waals surface area contributed by atoms with Gasteiger partial charge in [-0.1, -0.05) is 13.8 Å². The molecule has 2 unspecified atom stereocenters. The number of carbonyl (C=O) groups excluding carboxylic acids is 1.